The molecule has 0 saturated carbocycles. The second-order valence-corrected chi connectivity index (χ2v) is 7.74. The number of ether oxygens (including phenoxy) is 3. The molecule has 0 bridgehead atoms. The van der Waals surface area contributed by atoms with Crippen LogP contribution in [0.3, 0.4) is 0 Å². The molecule has 1 aliphatic heterocycles. The van der Waals surface area contributed by atoms with Gasteiger partial charge in [-0.15, -0.1) is 0 Å². The number of fused-ring (bicyclic) bond motifs is 2. The van der Waals surface area contributed by atoms with E-state index in [1.165, 1.54) is 21.3 Å². The number of carbonyl (C=O) groups is 2. The molecular formula is C24H25N3O6. The quantitative estimate of drug-likeness (QED) is 0.550. The van der Waals surface area contributed by atoms with E-state index in [0.717, 1.165) is 18.7 Å². The Balaban J connectivity index is 1.65. The zero-order chi connectivity index (χ0) is 23.5. The minimum absolute atomic E-state index is 0.0710. The van der Waals surface area contributed by atoms with Gasteiger partial charge in [-0.25, -0.2) is 4.98 Å². The number of esters is 1. The van der Waals surface area contributed by atoms with E-state index in [1.807, 2.05) is 0 Å². The number of nitrogens with zero attached hydrogens (tertiary/aromatic N) is 2. The fraction of sp³-hybridized carbons (Fsp3) is 0.333. The second kappa shape index (κ2) is 9.32. The third-order valence-electron chi connectivity index (χ3n) is 5.79. The summed E-state index contributed by atoms with van der Waals surface area (Å²) in [5, 5.41) is 3.36. The maximum Gasteiger partial charge on any atom is 0.307 e. The topological polar surface area (TPSA) is 109 Å². The molecule has 1 aliphatic rings. The number of hydrogen-bond acceptors (Lipinski definition) is 7. The predicted molar refractivity (Wildman–Crippen MR) is 121 cm³/mol. The maximum atomic E-state index is 13.1. The molecule has 0 spiro atoms. The lowest BCUT2D eigenvalue weighted by Crippen LogP contribution is -2.30. The summed E-state index contributed by atoms with van der Waals surface area (Å²) < 4.78 is 17.1. The normalized spacial score (nSPS) is 13.3. The molecule has 9 heteroatoms. The minimum atomic E-state index is -0.668. The van der Waals surface area contributed by atoms with Crippen LogP contribution < -0.4 is 20.3 Å². The van der Waals surface area contributed by atoms with Gasteiger partial charge in [-0.05, 0) is 42.3 Å². The molecule has 0 saturated heterocycles. The van der Waals surface area contributed by atoms with Gasteiger partial charge in [-0.1, -0.05) is 6.07 Å². The van der Waals surface area contributed by atoms with Crippen LogP contribution in [0.25, 0.3) is 10.9 Å². The fourth-order valence-corrected chi connectivity index (χ4v) is 4.04. The average molecular weight is 451 g/mol. The average Bonchev–Trinajstić information content (AvgIpc) is 3.31. The van der Waals surface area contributed by atoms with Gasteiger partial charge in [-0.2, -0.15) is 0 Å². The third kappa shape index (κ3) is 4.39. The van der Waals surface area contributed by atoms with Crippen molar-refractivity contribution in [1.29, 1.82) is 0 Å². The number of hydrogen-bond donors (Lipinski definition) is 1. The Kier molecular flexibility index (Phi) is 6.30. The maximum absolute atomic E-state index is 13.1. The molecule has 1 unspecified atom stereocenters. The lowest BCUT2D eigenvalue weighted by atomic mass is 10.0. The molecule has 0 radical (unpaired) electrons. The van der Waals surface area contributed by atoms with Crippen molar-refractivity contribution in [3.05, 3.63) is 63.7 Å². The molecule has 33 heavy (non-hydrogen) atoms. The molecular weight excluding hydrogens is 426 g/mol. The Labute approximate surface area is 190 Å². The molecule has 3 aromatic rings. The summed E-state index contributed by atoms with van der Waals surface area (Å²) in [6.45, 7) is 0.667. The van der Waals surface area contributed by atoms with Gasteiger partial charge in [0.15, 0.2) is 11.5 Å². The molecule has 2 heterocycles. The van der Waals surface area contributed by atoms with Crippen LogP contribution in [0.2, 0.25) is 0 Å². The summed E-state index contributed by atoms with van der Waals surface area (Å²) in [5.41, 5.74) is 1.39. The molecule has 0 aliphatic carbocycles. The van der Waals surface area contributed by atoms with Gasteiger partial charge >= 0.3 is 5.97 Å². The summed E-state index contributed by atoms with van der Waals surface area (Å²) in [6.07, 6.45) is 1.55. The monoisotopic (exact) mass is 451 g/mol. The third-order valence-corrected chi connectivity index (χ3v) is 5.79. The predicted octanol–water partition coefficient (Wildman–Crippen LogP) is 2.39. The highest BCUT2D eigenvalue weighted by atomic mass is 16.5. The van der Waals surface area contributed by atoms with Crippen LogP contribution in [-0.2, 0) is 22.5 Å². The lowest BCUT2D eigenvalue weighted by molar-refractivity contribution is -0.141. The number of rotatable bonds is 7. The molecule has 1 aromatic heterocycles. The lowest BCUT2D eigenvalue weighted by Gasteiger charge is -2.20. The van der Waals surface area contributed by atoms with E-state index in [0.29, 0.717) is 40.1 Å². The van der Waals surface area contributed by atoms with E-state index in [4.69, 9.17) is 14.2 Å². The van der Waals surface area contributed by atoms with Gasteiger partial charge in [-0.3, -0.25) is 19.0 Å². The Hall–Kier alpha value is -3.88. The summed E-state index contributed by atoms with van der Waals surface area (Å²) >= 11 is 0. The largest absolute Gasteiger partial charge is 0.493 e. The second-order valence-electron chi connectivity index (χ2n) is 7.74. The number of carbonyl (C=O) groups excluding carboxylic acids is 2. The van der Waals surface area contributed by atoms with Crippen molar-refractivity contribution in [2.45, 2.75) is 31.8 Å². The molecule has 1 N–H and O–H groups in total. The van der Waals surface area contributed by atoms with Gasteiger partial charge in [0.2, 0.25) is 0 Å². The highest BCUT2D eigenvalue weighted by Gasteiger charge is 2.22. The van der Waals surface area contributed by atoms with Gasteiger partial charge < -0.3 is 19.5 Å². The minimum Gasteiger partial charge on any atom is -0.493 e. The van der Waals surface area contributed by atoms with Crippen molar-refractivity contribution in [1.82, 2.24) is 14.9 Å². The highest BCUT2D eigenvalue weighted by Crippen LogP contribution is 2.31. The molecule has 4 rings (SSSR count). The Morgan fingerprint density at radius 2 is 1.88 bits per heavy atom. The number of aryl methyl sites for hydroxylation is 1. The standard InChI is InChI=1S/C24H25N3O6/c1-31-19-9-7-14(12-20(19)32-2)17(13-22(28)33-3)26-23(29)15-6-8-16-18(11-15)25-21-5-4-10-27(21)24(16)30/h6-9,11-12,17H,4-5,10,13H2,1-3H3,(H,26,29). The Morgan fingerprint density at radius 1 is 1.09 bits per heavy atom. The molecule has 1 atom stereocenters. The van der Waals surface area contributed by atoms with Gasteiger partial charge in [0.05, 0.1) is 44.7 Å². The van der Waals surface area contributed by atoms with Gasteiger partial charge in [0.1, 0.15) is 5.82 Å². The molecule has 2 aromatic carbocycles. The van der Waals surface area contributed by atoms with Crippen LogP contribution in [-0.4, -0.2) is 42.8 Å². The molecule has 1 amide bonds. The van der Waals surface area contributed by atoms with Crippen molar-refractivity contribution >= 4 is 22.8 Å². The first-order valence-electron chi connectivity index (χ1n) is 10.6. The number of nitrogens with one attached hydrogen (secondary N) is 1. The highest BCUT2D eigenvalue weighted by molar-refractivity contribution is 5.98. The zero-order valence-electron chi connectivity index (χ0n) is 18.7. The number of amides is 1. The number of benzene rings is 2. The van der Waals surface area contributed by atoms with E-state index in [1.54, 1.807) is 41.0 Å². The van der Waals surface area contributed by atoms with Crippen LogP contribution in [0.15, 0.2) is 41.2 Å². The van der Waals surface area contributed by atoms with Crippen molar-refractivity contribution in [2.24, 2.45) is 0 Å². The van der Waals surface area contributed by atoms with E-state index in [2.05, 4.69) is 10.3 Å². The Bertz CT molecular complexity index is 1280. The smallest absolute Gasteiger partial charge is 0.307 e. The van der Waals surface area contributed by atoms with Crippen LogP contribution in [0.4, 0.5) is 0 Å². The summed E-state index contributed by atoms with van der Waals surface area (Å²) in [6, 6.07) is 9.32. The van der Waals surface area contributed by atoms with Crippen molar-refractivity contribution in [3.8, 4) is 11.5 Å². The first-order chi connectivity index (χ1) is 15.9. The van der Waals surface area contributed by atoms with Crippen molar-refractivity contribution < 1.29 is 23.8 Å². The number of methoxy groups -OCH3 is 3. The first-order valence-corrected chi connectivity index (χ1v) is 10.6. The summed E-state index contributed by atoms with van der Waals surface area (Å²) in [7, 11) is 4.33. The van der Waals surface area contributed by atoms with Crippen LogP contribution in [0.1, 0.15) is 40.6 Å². The molecule has 172 valence electrons. The fourth-order valence-electron chi connectivity index (χ4n) is 4.04. The van der Waals surface area contributed by atoms with Crippen LogP contribution in [0, 0.1) is 0 Å². The van der Waals surface area contributed by atoms with Crippen molar-refractivity contribution in [3.63, 3.8) is 0 Å². The zero-order valence-corrected chi connectivity index (χ0v) is 18.7. The van der Waals surface area contributed by atoms with Crippen LogP contribution in [0.5, 0.6) is 11.5 Å². The van der Waals surface area contributed by atoms with E-state index < -0.39 is 17.9 Å². The molecule has 0 fully saturated rings. The van der Waals surface area contributed by atoms with Gasteiger partial charge in [0.25, 0.3) is 11.5 Å². The summed E-state index contributed by atoms with van der Waals surface area (Å²) in [5.74, 6) is 0.868. The first kappa shape index (κ1) is 22.3. The number of aromatic nitrogens is 2. The molecule has 9 nitrogen and oxygen atoms in total. The van der Waals surface area contributed by atoms with Gasteiger partial charge in [0, 0.05) is 18.5 Å². The van der Waals surface area contributed by atoms with E-state index in [-0.39, 0.29) is 12.0 Å². The van der Waals surface area contributed by atoms with Crippen molar-refractivity contribution in [2.75, 3.05) is 21.3 Å². The van der Waals surface area contributed by atoms with Crippen LogP contribution >= 0.6 is 0 Å². The Morgan fingerprint density at radius 3 is 2.61 bits per heavy atom. The van der Waals surface area contributed by atoms with E-state index in [9.17, 15) is 14.4 Å². The van der Waals surface area contributed by atoms with E-state index >= 15 is 0 Å². The summed E-state index contributed by atoms with van der Waals surface area (Å²) in [4.78, 5) is 42.4. The SMILES string of the molecule is COC(=O)CC(NC(=O)c1ccc2c(=O)n3c(nc2c1)CCC3)c1ccc(OC)c(OC)c1.